The van der Waals surface area contributed by atoms with Crippen molar-refractivity contribution in [2.24, 2.45) is 14.1 Å². The maximum Gasteiger partial charge on any atom is 0.278 e. The van der Waals surface area contributed by atoms with E-state index in [1.807, 2.05) is 29.8 Å². The van der Waals surface area contributed by atoms with Gasteiger partial charge in [-0.1, -0.05) is 29.4 Å². The van der Waals surface area contributed by atoms with Crippen molar-refractivity contribution >= 4 is 56.9 Å². The number of nitrogens with one attached hydrogen (secondary N) is 1. The highest BCUT2D eigenvalue weighted by molar-refractivity contribution is 7.99. The molecule has 0 aliphatic heterocycles. The number of nitrogens with zero attached hydrogens (tertiary/aromatic N) is 3. The van der Waals surface area contributed by atoms with Crippen molar-refractivity contribution in [2.45, 2.75) is 5.16 Å². The lowest BCUT2D eigenvalue weighted by molar-refractivity contribution is -0.113. The van der Waals surface area contributed by atoms with Crippen molar-refractivity contribution in [2.75, 3.05) is 18.2 Å². The quantitative estimate of drug-likeness (QED) is 0.375. The molecule has 154 valence electrons. The van der Waals surface area contributed by atoms with Crippen LogP contribution in [0.5, 0.6) is 5.75 Å². The molecule has 9 heteroatoms. The summed E-state index contributed by atoms with van der Waals surface area (Å²) in [5.41, 5.74) is 2.43. The van der Waals surface area contributed by atoms with Gasteiger partial charge >= 0.3 is 0 Å². The van der Waals surface area contributed by atoms with Gasteiger partial charge < -0.3 is 14.6 Å². The van der Waals surface area contributed by atoms with E-state index in [1.165, 1.54) is 16.3 Å². The third kappa shape index (κ3) is 3.64. The summed E-state index contributed by atoms with van der Waals surface area (Å²) in [4.78, 5) is 30.1. The predicted molar refractivity (Wildman–Crippen MR) is 121 cm³/mol. The van der Waals surface area contributed by atoms with Crippen LogP contribution in [0.25, 0.3) is 21.9 Å². The van der Waals surface area contributed by atoms with E-state index >= 15 is 0 Å². The number of hydrogen-bond acceptors (Lipinski definition) is 5. The van der Waals surface area contributed by atoms with E-state index in [9.17, 15) is 9.59 Å². The van der Waals surface area contributed by atoms with Crippen molar-refractivity contribution in [3.8, 4) is 5.75 Å². The average molecular weight is 443 g/mol. The summed E-state index contributed by atoms with van der Waals surface area (Å²) in [6, 6.07) is 12.6. The van der Waals surface area contributed by atoms with Gasteiger partial charge in [0.15, 0.2) is 5.16 Å². The lowest BCUT2D eigenvalue weighted by Crippen LogP contribution is -2.22. The third-order valence-electron chi connectivity index (χ3n) is 4.82. The van der Waals surface area contributed by atoms with Gasteiger partial charge in [-0.3, -0.25) is 14.2 Å². The van der Waals surface area contributed by atoms with Crippen LogP contribution in [0.1, 0.15) is 0 Å². The summed E-state index contributed by atoms with van der Waals surface area (Å²) in [6.45, 7) is 0. The van der Waals surface area contributed by atoms with E-state index in [2.05, 4.69) is 5.32 Å². The highest BCUT2D eigenvalue weighted by atomic mass is 35.5. The minimum atomic E-state index is -0.212. The van der Waals surface area contributed by atoms with E-state index < -0.39 is 0 Å². The Morgan fingerprint density at radius 3 is 2.73 bits per heavy atom. The maximum atomic E-state index is 13.0. The van der Waals surface area contributed by atoms with Crippen molar-refractivity contribution in [3.63, 3.8) is 0 Å². The molecule has 1 N–H and O–H groups in total. The fourth-order valence-electron chi connectivity index (χ4n) is 3.33. The molecule has 4 rings (SSSR count). The number of thioether (sulfide) groups is 1. The van der Waals surface area contributed by atoms with Crippen LogP contribution in [0.3, 0.4) is 0 Å². The van der Waals surface area contributed by atoms with Crippen molar-refractivity contribution in [3.05, 3.63) is 57.8 Å². The number of aryl methyl sites for hydroxylation is 1. The largest absolute Gasteiger partial charge is 0.497 e. The van der Waals surface area contributed by atoms with Crippen LogP contribution >= 0.6 is 23.4 Å². The summed E-state index contributed by atoms with van der Waals surface area (Å²) in [5.74, 6) is 0.579. The zero-order valence-corrected chi connectivity index (χ0v) is 18.2. The molecule has 2 heterocycles. The van der Waals surface area contributed by atoms with Gasteiger partial charge in [-0.05, 0) is 36.4 Å². The summed E-state index contributed by atoms with van der Waals surface area (Å²) in [6.07, 6.45) is 0. The average Bonchev–Trinajstić information content (AvgIpc) is 3.01. The number of rotatable bonds is 5. The van der Waals surface area contributed by atoms with Gasteiger partial charge in [0.05, 0.1) is 18.4 Å². The van der Waals surface area contributed by atoms with Gasteiger partial charge in [0.2, 0.25) is 5.91 Å². The van der Waals surface area contributed by atoms with Crippen LogP contribution < -0.4 is 15.6 Å². The normalized spacial score (nSPS) is 11.2. The Morgan fingerprint density at radius 1 is 1.20 bits per heavy atom. The van der Waals surface area contributed by atoms with E-state index in [1.54, 1.807) is 38.4 Å². The molecule has 7 nitrogen and oxygen atoms in total. The number of anilines is 1. The third-order valence-corrected chi connectivity index (χ3v) is 6.09. The summed E-state index contributed by atoms with van der Waals surface area (Å²) >= 11 is 7.15. The number of carbonyl (C=O) groups is 1. The number of ether oxygens (including phenoxy) is 1. The molecule has 0 bridgehead atoms. The Hall–Kier alpha value is -2.97. The summed E-state index contributed by atoms with van der Waals surface area (Å²) < 4.78 is 8.62. The Bertz CT molecular complexity index is 1350. The SMILES string of the molecule is COc1ccc2c(c1)c1nc(SCC(=O)Nc3cccc(Cl)c3)n(C)c(=O)c1n2C. The molecule has 0 saturated heterocycles. The minimum Gasteiger partial charge on any atom is -0.497 e. The number of carbonyl (C=O) groups excluding carboxylic acids is 1. The van der Waals surface area contributed by atoms with E-state index in [-0.39, 0.29) is 17.2 Å². The Labute approximate surface area is 181 Å². The molecule has 0 unspecified atom stereocenters. The molecule has 0 aliphatic carbocycles. The first kappa shape index (κ1) is 20.3. The van der Waals surface area contributed by atoms with Crippen molar-refractivity contribution in [1.29, 1.82) is 0 Å². The Morgan fingerprint density at radius 2 is 2.00 bits per heavy atom. The highest BCUT2D eigenvalue weighted by Gasteiger charge is 2.18. The maximum absolute atomic E-state index is 13.0. The van der Waals surface area contributed by atoms with Crippen LogP contribution in [0.2, 0.25) is 5.02 Å². The molecular weight excluding hydrogens is 424 g/mol. The Kier molecular flexibility index (Phi) is 5.44. The van der Waals surface area contributed by atoms with Gasteiger partial charge in [0.25, 0.3) is 5.56 Å². The standard InChI is InChI=1S/C21H19ClN4O3S/c1-25-16-8-7-14(29-3)10-15(16)18-19(25)20(28)26(2)21(24-18)30-11-17(27)23-13-6-4-5-12(22)9-13/h4-10H,11H2,1-3H3,(H,23,27). The van der Waals surface area contributed by atoms with Gasteiger partial charge in [0.1, 0.15) is 16.8 Å². The lowest BCUT2D eigenvalue weighted by atomic mass is 10.2. The summed E-state index contributed by atoms with van der Waals surface area (Å²) in [7, 11) is 5.09. The molecule has 30 heavy (non-hydrogen) atoms. The molecular formula is C21H19ClN4O3S. The predicted octanol–water partition coefficient (Wildman–Crippen LogP) is 3.82. The second-order valence-corrected chi connectivity index (χ2v) is 8.12. The lowest BCUT2D eigenvalue weighted by Gasteiger charge is -2.09. The molecule has 1 amide bonds. The van der Waals surface area contributed by atoms with Crippen molar-refractivity contribution in [1.82, 2.24) is 14.1 Å². The van der Waals surface area contributed by atoms with Crippen LogP contribution in [-0.2, 0) is 18.9 Å². The number of benzene rings is 2. The smallest absolute Gasteiger partial charge is 0.278 e. The second-order valence-electron chi connectivity index (χ2n) is 6.75. The fraction of sp³-hybridized carbons (Fsp3) is 0.190. The molecule has 0 fully saturated rings. The highest BCUT2D eigenvalue weighted by Crippen LogP contribution is 2.29. The second kappa shape index (κ2) is 8.04. The fourth-order valence-corrected chi connectivity index (χ4v) is 4.28. The first-order chi connectivity index (χ1) is 14.4. The molecule has 2 aromatic heterocycles. The first-order valence-corrected chi connectivity index (χ1v) is 10.5. The number of hydrogen-bond donors (Lipinski definition) is 1. The van der Waals surface area contributed by atoms with E-state index in [0.29, 0.717) is 32.6 Å². The molecule has 4 aromatic rings. The molecule has 2 aromatic carbocycles. The van der Waals surface area contributed by atoms with Crippen molar-refractivity contribution < 1.29 is 9.53 Å². The first-order valence-electron chi connectivity index (χ1n) is 9.10. The van der Waals surface area contributed by atoms with Gasteiger partial charge in [-0.25, -0.2) is 4.98 Å². The summed E-state index contributed by atoms with van der Waals surface area (Å²) in [5, 5.41) is 4.63. The van der Waals surface area contributed by atoms with Crippen LogP contribution in [0.15, 0.2) is 52.4 Å². The van der Waals surface area contributed by atoms with Crippen LogP contribution in [-0.4, -0.2) is 32.9 Å². The van der Waals surface area contributed by atoms with Gasteiger partial charge in [-0.2, -0.15) is 0 Å². The van der Waals surface area contributed by atoms with Gasteiger partial charge in [0, 0.05) is 30.2 Å². The van der Waals surface area contributed by atoms with E-state index in [4.69, 9.17) is 21.3 Å². The molecule has 0 aliphatic rings. The Balaban J connectivity index is 1.67. The molecule has 0 saturated carbocycles. The zero-order chi connectivity index (χ0) is 21.4. The number of aromatic nitrogens is 3. The molecule has 0 spiro atoms. The number of fused-ring (bicyclic) bond motifs is 3. The van der Waals surface area contributed by atoms with Crippen LogP contribution in [0.4, 0.5) is 5.69 Å². The number of methoxy groups -OCH3 is 1. The number of halogens is 1. The zero-order valence-electron chi connectivity index (χ0n) is 16.6. The number of amides is 1. The molecule has 0 atom stereocenters. The monoisotopic (exact) mass is 442 g/mol. The van der Waals surface area contributed by atoms with Crippen LogP contribution in [0, 0.1) is 0 Å². The topological polar surface area (TPSA) is 78.2 Å². The minimum absolute atomic E-state index is 0.104. The molecule has 0 radical (unpaired) electrons. The van der Waals surface area contributed by atoms with Gasteiger partial charge in [-0.15, -0.1) is 0 Å². The van der Waals surface area contributed by atoms with E-state index in [0.717, 1.165) is 10.9 Å².